The molecule has 0 aromatic carbocycles. The molecule has 6 heteroatoms. The van der Waals surface area contributed by atoms with Gasteiger partial charge in [-0.25, -0.2) is 0 Å². The molecule has 0 amide bonds. The lowest BCUT2D eigenvalue weighted by molar-refractivity contribution is -0.138. The predicted molar refractivity (Wildman–Crippen MR) is 50.8 cm³/mol. The number of aliphatic carboxylic acids is 1. The van der Waals surface area contributed by atoms with Crippen LogP contribution in [0, 0.1) is 16.7 Å². The minimum Gasteiger partial charge on any atom is -0.480 e. The third-order valence-corrected chi connectivity index (χ3v) is 1.60. The molecule has 14 heavy (non-hydrogen) atoms. The van der Waals surface area contributed by atoms with Gasteiger partial charge in [0.2, 0.25) is 0 Å². The fourth-order valence-corrected chi connectivity index (χ4v) is 0.948. The SMILES string of the molecule is N#CCCN(CCC(=N)N)CC(=O)O. The highest BCUT2D eigenvalue weighted by Crippen LogP contribution is 1.93. The molecule has 0 bridgehead atoms. The highest BCUT2D eigenvalue weighted by molar-refractivity contribution is 5.77. The van der Waals surface area contributed by atoms with Crippen LogP contribution >= 0.6 is 0 Å². The van der Waals surface area contributed by atoms with E-state index in [0.717, 1.165) is 0 Å². The summed E-state index contributed by atoms with van der Waals surface area (Å²) in [6.45, 7) is 0.689. The monoisotopic (exact) mass is 198 g/mol. The van der Waals surface area contributed by atoms with Crippen LogP contribution in [0.2, 0.25) is 0 Å². The molecule has 0 unspecified atom stereocenters. The maximum atomic E-state index is 10.4. The van der Waals surface area contributed by atoms with E-state index in [1.807, 2.05) is 6.07 Å². The Hall–Kier alpha value is -1.61. The standard InChI is InChI=1S/C8H14N4O2/c9-3-1-4-12(6-8(13)14)5-2-7(10)11/h1-2,4-6H2,(H3,10,11)(H,13,14). The molecule has 0 aliphatic rings. The summed E-state index contributed by atoms with van der Waals surface area (Å²) in [5.41, 5.74) is 5.14. The topological polar surface area (TPSA) is 114 Å². The van der Waals surface area contributed by atoms with Crippen molar-refractivity contribution in [3.8, 4) is 6.07 Å². The first-order valence-corrected chi connectivity index (χ1v) is 4.20. The van der Waals surface area contributed by atoms with Gasteiger partial charge in [-0.05, 0) is 0 Å². The van der Waals surface area contributed by atoms with E-state index < -0.39 is 5.97 Å². The minimum atomic E-state index is -0.938. The second kappa shape index (κ2) is 6.86. The van der Waals surface area contributed by atoms with Crippen LogP contribution < -0.4 is 5.73 Å². The lowest BCUT2D eigenvalue weighted by Crippen LogP contribution is -2.33. The van der Waals surface area contributed by atoms with E-state index in [2.05, 4.69) is 0 Å². The van der Waals surface area contributed by atoms with Crippen LogP contribution in [0.1, 0.15) is 12.8 Å². The van der Waals surface area contributed by atoms with Crippen LogP contribution in [-0.2, 0) is 4.79 Å². The molecule has 0 aromatic heterocycles. The molecule has 0 spiro atoms. The lowest BCUT2D eigenvalue weighted by atomic mass is 10.3. The molecule has 0 fully saturated rings. The molecule has 4 N–H and O–H groups in total. The highest BCUT2D eigenvalue weighted by Gasteiger charge is 2.09. The first-order valence-electron chi connectivity index (χ1n) is 4.20. The van der Waals surface area contributed by atoms with Gasteiger partial charge < -0.3 is 10.8 Å². The molecule has 0 aliphatic heterocycles. The van der Waals surface area contributed by atoms with E-state index in [-0.39, 0.29) is 18.8 Å². The molecule has 0 radical (unpaired) electrons. The zero-order chi connectivity index (χ0) is 11.0. The number of hydrogen-bond acceptors (Lipinski definition) is 4. The molecule has 0 rings (SSSR count). The molecular weight excluding hydrogens is 184 g/mol. The van der Waals surface area contributed by atoms with Crippen molar-refractivity contribution in [3.63, 3.8) is 0 Å². The summed E-state index contributed by atoms with van der Waals surface area (Å²) in [5, 5.41) is 23.9. The van der Waals surface area contributed by atoms with E-state index in [1.165, 1.54) is 0 Å². The van der Waals surface area contributed by atoms with Crippen LogP contribution in [-0.4, -0.2) is 41.4 Å². The third-order valence-electron chi connectivity index (χ3n) is 1.60. The number of carboxylic acids is 1. The summed E-state index contributed by atoms with van der Waals surface area (Å²) in [6, 6.07) is 1.94. The average Bonchev–Trinajstić information content (AvgIpc) is 2.09. The Morgan fingerprint density at radius 2 is 2.21 bits per heavy atom. The summed E-state index contributed by atoms with van der Waals surface area (Å²) in [4.78, 5) is 12.0. The van der Waals surface area contributed by atoms with Gasteiger partial charge in [-0.2, -0.15) is 5.26 Å². The Labute approximate surface area is 82.4 Å². The number of nitrogens with one attached hydrogen (secondary N) is 1. The number of hydrogen-bond donors (Lipinski definition) is 3. The van der Waals surface area contributed by atoms with Crippen LogP contribution in [0.25, 0.3) is 0 Å². The van der Waals surface area contributed by atoms with Crippen molar-refractivity contribution >= 4 is 11.8 Å². The zero-order valence-corrected chi connectivity index (χ0v) is 7.86. The predicted octanol–water partition coefficient (Wildman–Crippen LogP) is -0.387. The van der Waals surface area contributed by atoms with Crippen molar-refractivity contribution in [3.05, 3.63) is 0 Å². The second-order valence-corrected chi connectivity index (χ2v) is 2.85. The molecule has 0 aliphatic carbocycles. The van der Waals surface area contributed by atoms with Gasteiger partial charge in [-0.15, -0.1) is 0 Å². The van der Waals surface area contributed by atoms with Crippen molar-refractivity contribution in [2.75, 3.05) is 19.6 Å². The van der Waals surface area contributed by atoms with Gasteiger partial charge in [-0.1, -0.05) is 0 Å². The minimum absolute atomic E-state index is 0.0253. The normalized spacial score (nSPS) is 9.71. The summed E-state index contributed by atoms with van der Waals surface area (Å²) in [5.74, 6) is -0.913. The second-order valence-electron chi connectivity index (χ2n) is 2.85. The summed E-state index contributed by atoms with van der Waals surface area (Å²) >= 11 is 0. The Balaban J connectivity index is 3.91. The summed E-state index contributed by atoms with van der Waals surface area (Å²) in [6.07, 6.45) is 0.615. The van der Waals surface area contributed by atoms with Crippen molar-refractivity contribution in [2.24, 2.45) is 5.73 Å². The average molecular weight is 198 g/mol. The van der Waals surface area contributed by atoms with E-state index in [9.17, 15) is 4.79 Å². The van der Waals surface area contributed by atoms with E-state index in [4.69, 9.17) is 21.5 Å². The molecule has 78 valence electrons. The highest BCUT2D eigenvalue weighted by atomic mass is 16.4. The fourth-order valence-electron chi connectivity index (χ4n) is 0.948. The van der Waals surface area contributed by atoms with Gasteiger partial charge in [-0.3, -0.25) is 15.1 Å². The van der Waals surface area contributed by atoms with Crippen molar-refractivity contribution in [2.45, 2.75) is 12.8 Å². The molecule has 0 heterocycles. The van der Waals surface area contributed by atoms with Gasteiger partial charge >= 0.3 is 5.97 Å². The molecule has 6 nitrogen and oxygen atoms in total. The third kappa shape index (κ3) is 7.06. The van der Waals surface area contributed by atoms with E-state index in [1.54, 1.807) is 4.90 Å². The molecular formula is C8H14N4O2. The molecule has 0 saturated heterocycles. The number of amidine groups is 1. The first-order chi connectivity index (χ1) is 6.56. The number of carboxylic acid groups (broad SMARTS) is 1. The quantitative estimate of drug-likeness (QED) is 0.381. The number of nitriles is 1. The van der Waals surface area contributed by atoms with Gasteiger partial charge in [0.15, 0.2) is 0 Å². The van der Waals surface area contributed by atoms with Crippen LogP contribution in [0.5, 0.6) is 0 Å². The lowest BCUT2D eigenvalue weighted by Gasteiger charge is -2.17. The summed E-state index contributed by atoms with van der Waals surface area (Å²) < 4.78 is 0. The maximum Gasteiger partial charge on any atom is 0.317 e. The smallest absolute Gasteiger partial charge is 0.317 e. The number of nitrogens with zero attached hydrogens (tertiary/aromatic N) is 2. The largest absolute Gasteiger partial charge is 0.480 e. The number of carbonyl (C=O) groups is 1. The van der Waals surface area contributed by atoms with E-state index >= 15 is 0 Å². The summed E-state index contributed by atoms with van der Waals surface area (Å²) in [7, 11) is 0. The number of rotatable bonds is 7. The first kappa shape index (κ1) is 12.4. The van der Waals surface area contributed by atoms with Crippen molar-refractivity contribution in [1.29, 1.82) is 10.7 Å². The van der Waals surface area contributed by atoms with Crippen molar-refractivity contribution < 1.29 is 9.90 Å². The Bertz CT molecular complexity index is 246. The van der Waals surface area contributed by atoms with Gasteiger partial charge in [0, 0.05) is 25.9 Å². The van der Waals surface area contributed by atoms with Crippen LogP contribution in [0.15, 0.2) is 0 Å². The molecule has 0 atom stereocenters. The van der Waals surface area contributed by atoms with Crippen LogP contribution in [0.3, 0.4) is 0 Å². The number of nitrogens with two attached hydrogens (primary N) is 1. The van der Waals surface area contributed by atoms with Crippen molar-refractivity contribution in [1.82, 2.24) is 4.90 Å². The van der Waals surface area contributed by atoms with Crippen LogP contribution in [0.4, 0.5) is 0 Å². The van der Waals surface area contributed by atoms with Gasteiger partial charge in [0.1, 0.15) is 0 Å². The Morgan fingerprint density at radius 1 is 1.57 bits per heavy atom. The van der Waals surface area contributed by atoms with Gasteiger partial charge in [0.05, 0.1) is 18.4 Å². The zero-order valence-electron chi connectivity index (χ0n) is 7.86. The fraction of sp³-hybridized carbons (Fsp3) is 0.625. The maximum absolute atomic E-state index is 10.4. The Kier molecular flexibility index (Phi) is 6.07. The molecule has 0 saturated carbocycles. The van der Waals surface area contributed by atoms with Gasteiger partial charge in [0.25, 0.3) is 0 Å². The molecule has 0 aromatic rings. The Morgan fingerprint density at radius 3 is 2.64 bits per heavy atom. The van der Waals surface area contributed by atoms with E-state index in [0.29, 0.717) is 19.5 Å².